The van der Waals surface area contributed by atoms with Gasteiger partial charge < -0.3 is 15.8 Å². The number of carbonyl (C=O) groups excluding carboxylic acids is 1. The molecule has 8 nitrogen and oxygen atoms in total. The van der Waals surface area contributed by atoms with Gasteiger partial charge in [0, 0.05) is 18.2 Å². The Bertz CT molecular complexity index is 1000. The number of nitrogen functional groups attached to an aromatic ring is 1. The molecule has 1 aromatic heterocycles. The largest absolute Gasteiger partial charge is 0.443 e. The highest BCUT2D eigenvalue weighted by Gasteiger charge is 2.32. The Balaban J connectivity index is 1.98. The van der Waals surface area contributed by atoms with Gasteiger partial charge in [0.15, 0.2) is 0 Å². The van der Waals surface area contributed by atoms with Crippen LogP contribution in [0.5, 0.6) is 0 Å². The molecule has 1 aliphatic rings. The Labute approximate surface area is 181 Å². The number of halogens is 1. The Morgan fingerprint density at radius 2 is 2.03 bits per heavy atom. The molecule has 0 atom stereocenters. The van der Waals surface area contributed by atoms with E-state index in [0.29, 0.717) is 40.6 Å². The van der Waals surface area contributed by atoms with Crippen LogP contribution in [0.3, 0.4) is 0 Å². The third-order valence-corrected chi connectivity index (χ3v) is 4.96. The van der Waals surface area contributed by atoms with Crippen LogP contribution in [-0.4, -0.2) is 40.0 Å². The second-order valence-corrected chi connectivity index (χ2v) is 8.84. The van der Waals surface area contributed by atoms with Gasteiger partial charge in [-0.1, -0.05) is 11.6 Å². The quantitative estimate of drug-likeness (QED) is 0.624. The second-order valence-electron chi connectivity index (χ2n) is 8.46. The van der Waals surface area contributed by atoms with Gasteiger partial charge in [-0.3, -0.25) is 10.3 Å². The molecule has 30 heavy (non-hydrogen) atoms. The number of rotatable bonds is 4. The van der Waals surface area contributed by atoms with Crippen molar-refractivity contribution in [3.05, 3.63) is 40.2 Å². The van der Waals surface area contributed by atoms with E-state index in [1.807, 2.05) is 34.6 Å². The number of amides is 1. The molecular weight excluding hydrogens is 404 g/mol. The molecule has 2 heterocycles. The summed E-state index contributed by atoms with van der Waals surface area (Å²) in [5, 5.41) is 12.4. The van der Waals surface area contributed by atoms with Gasteiger partial charge in [0.1, 0.15) is 23.6 Å². The molecule has 0 saturated carbocycles. The lowest BCUT2D eigenvalue weighted by molar-refractivity contribution is 0.0584. The fourth-order valence-corrected chi connectivity index (χ4v) is 3.66. The van der Waals surface area contributed by atoms with E-state index in [1.54, 1.807) is 17.0 Å². The molecule has 0 saturated heterocycles. The van der Waals surface area contributed by atoms with Crippen LogP contribution in [0.25, 0.3) is 0 Å². The van der Waals surface area contributed by atoms with E-state index in [0.717, 1.165) is 5.56 Å². The summed E-state index contributed by atoms with van der Waals surface area (Å²) in [6.07, 6.45) is 1.52. The average Bonchev–Trinajstić information content (AvgIpc) is 3.05. The number of nitrogens with two attached hydrogens (primary N) is 1. The Hall–Kier alpha value is -2.87. The lowest BCUT2D eigenvalue weighted by Crippen LogP contribution is -2.35. The number of ether oxygens (including phenoxy) is 1. The van der Waals surface area contributed by atoms with E-state index in [9.17, 15) is 4.79 Å². The highest BCUT2D eigenvalue weighted by molar-refractivity contribution is 6.37. The summed E-state index contributed by atoms with van der Waals surface area (Å²) in [6.45, 7) is 9.90. The van der Waals surface area contributed by atoms with Crippen molar-refractivity contribution in [1.29, 1.82) is 5.41 Å². The highest BCUT2D eigenvalue weighted by Crippen LogP contribution is 2.38. The Morgan fingerprint density at radius 3 is 2.67 bits per heavy atom. The van der Waals surface area contributed by atoms with Gasteiger partial charge in [-0.05, 0) is 58.7 Å². The standard InChI is InChI=1S/C21H27ClN6O2/c1-11(2)27-19-15(18(24)25-10-26-19)17(23)13-6-7-14-12(16(13)22)8-9-28(14)20(29)30-21(3,4)5/h6-7,10-11,23H,8-9H2,1-5H3,(H3,24,25,26,27). The van der Waals surface area contributed by atoms with Crippen LogP contribution in [0.2, 0.25) is 5.02 Å². The van der Waals surface area contributed by atoms with E-state index < -0.39 is 11.7 Å². The number of benzene rings is 1. The fourth-order valence-electron chi connectivity index (χ4n) is 3.31. The zero-order valence-corrected chi connectivity index (χ0v) is 18.6. The number of hydrogen-bond donors (Lipinski definition) is 3. The van der Waals surface area contributed by atoms with Gasteiger partial charge in [-0.2, -0.15) is 0 Å². The van der Waals surface area contributed by atoms with Crippen molar-refractivity contribution in [2.24, 2.45) is 0 Å². The molecule has 0 bridgehead atoms. The van der Waals surface area contributed by atoms with Crippen LogP contribution in [0.4, 0.5) is 22.1 Å². The van der Waals surface area contributed by atoms with Gasteiger partial charge in [0.05, 0.1) is 22.0 Å². The molecule has 160 valence electrons. The molecule has 0 unspecified atom stereocenters. The molecular formula is C21H27ClN6O2. The predicted octanol–water partition coefficient (Wildman–Crippen LogP) is 4.25. The van der Waals surface area contributed by atoms with Gasteiger partial charge >= 0.3 is 6.09 Å². The minimum Gasteiger partial charge on any atom is -0.443 e. The first-order valence-corrected chi connectivity index (χ1v) is 10.2. The maximum absolute atomic E-state index is 12.5. The SMILES string of the molecule is CC(C)Nc1ncnc(N)c1C(=N)c1ccc2c(c1Cl)CCN2C(=O)OC(C)(C)C. The first kappa shape index (κ1) is 21.8. The first-order valence-electron chi connectivity index (χ1n) is 9.77. The minimum atomic E-state index is -0.587. The second kappa shape index (κ2) is 8.10. The molecule has 2 aromatic rings. The number of anilines is 3. The summed E-state index contributed by atoms with van der Waals surface area (Å²) in [6, 6.07) is 3.61. The molecule has 1 aromatic carbocycles. The van der Waals surface area contributed by atoms with E-state index in [1.165, 1.54) is 6.33 Å². The number of carbonyl (C=O) groups is 1. The Morgan fingerprint density at radius 1 is 1.33 bits per heavy atom. The minimum absolute atomic E-state index is 0.101. The van der Waals surface area contributed by atoms with Gasteiger partial charge in [0.2, 0.25) is 0 Å². The lowest BCUT2D eigenvalue weighted by atomic mass is 9.99. The maximum Gasteiger partial charge on any atom is 0.414 e. The summed E-state index contributed by atoms with van der Waals surface area (Å²) in [4.78, 5) is 22.4. The van der Waals surface area contributed by atoms with Crippen LogP contribution >= 0.6 is 11.6 Å². The van der Waals surface area contributed by atoms with Crippen molar-refractivity contribution in [2.45, 2.75) is 52.7 Å². The number of hydrogen-bond acceptors (Lipinski definition) is 7. The summed E-state index contributed by atoms with van der Waals surface area (Å²) in [5.41, 5.74) is 8.02. The van der Waals surface area contributed by atoms with Crippen LogP contribution in [0, 0.1) is 5.41 Å². The topological polar surface area (TPSA) is 117 Å². The average molecular weight is 431 g/mol. The van der Waals surface area contributed by atoms with Gasteiger partial charge in [-0.15, -0.1) is 0 Å². The van der Waals surface area contributed by atoms with E-state index >= 15 is 0 Å². The summed E-state index contributed by atoms with van der Waals surface area (Å²) >= 11 is 6.69. The van der Waals surface area contributed by atoms with Crippen molar-refractivity contribution >= 4 is 40.7 Å². The monoisotopic (exact) mass is 430 g/mol. The molecule has 4 N–H and O–H groups in total. The summed E-state index contributed by atoms with van der Waals surface area (Å²) < 4.78 is 5.49. The zero-order chi connectivity index (χ0) is 22.2. The molecule has 1 amide bonds. The van der Waals surface area contributed by atoms with Gasteiger partial charge in [0.25, 0.3) is 0 Å². The summed E-state index contributed by atoms with van der Waals surface area (Å²) in [5.74, 6) is 0.680. The Kier molecular flexibility index (Phi) is 5.90. The highest BCUT2D eigenvalue weighted by atomic mass is 35.5. The van der Waals surface area contributed by atoms with Crippen molar-refractivity contribution < 1.29 is 9.53 Å². The molecule has 0 fully saturated rings. The normalized spacial score (nSPS) is 13.4. The number of aromatic nitrogens is 2. The number of fused-ring (bicyclic) bond motifs is 1. The third-order valence-electron chi connectivity index (χ3n) is 4.53. The first-order chi connectivity index (χ1) is 14.0. The molecule has 1 aliphatic heterocycles. The molecule has 0 radical (unpaired) electrons. The van der Waals surface area contributed by atoms with Crippen molar-refractivity contribution in [1.82, 2.24) is 9.97 Å². The van der Waals surface area contributed by atoms with Crippen molar-refractivity contribution in [2.75, 3.05) is 22.5 Å². The molecule has 0 aliphatic carbocycles. The molecule has 3 rings (SSSR count). The number of nitrogens with one attached hydrogen (secondary N) is 2. The fraction of sp³-hybridized carbons (Fsp3) is 0.429. The van der Waals surface area contributed by atoms with Crippen LogP contribution in [0.1, 0.15) is 51.3 Å². The molecule has 9 heteroatoms. The smallest absolute Gasteiger partial charge is 0.414 e. The zero-order valence-electron chi connectivity index (χ0n) is 17.8. The predicted molar refractivity (Wildman–Crippen MR) is 120 cm³/mol. The van der Waals surface area contributed by atoms with Crippen LogP contribution in [-0.2, 0) is 11.2 Å². The maximum atomic E-state index is 12.5. The van der Waals surface area contributed by atoms with E-state index in [2.05, 4.69) is 15.3 Å². The third kappa shape index (κ3) is 4.33. The van der Waals surface area contributed by atoms with Gasteiger partial charge in [-0.25, -0.2) is 14.8 Å². The van der Waals surface area contributed by atoms with Crippen LogP contribution in [0.15, 0.2) is 18.5 Å². The molecule has 0 spiro atoms. The van der Waals surface area contributed by atoms with Crippen molar-refractivity contribution in [3.63, 3.8) is 0 Å². The van der Waals surface area contributed by atoms with E-state index in [4.69, 9.17) is 27.5 Å². The lowest BCUT2D eigenvalue weighted by Gasteiger charge is -2.25. The van der Waals surface area contributed by atoms with Crippen molar-refractivity contribution in [3.8, 4) is 0 Å². The summed E-state index contributed by atoms with van der Waals surface area (Å²) in [7, 11) is 0. The van der Waals surface area contributed by atoms with Crippen LogP contribution < -0.4 is 16.0 Å². The van der Waals surface area contributed by atoms with E-state index in [-0.39, 0.29) is 17.6 Å². The number of nitrogens with zero attached hydrogens (tertiary/aromatic N) is 3.